The molecule has 0 bridgehead atoms. The lowest BCUT2D eigenvalue weighted by Gasteiger charge is -2.10. The molecule has 3 rings (SSSR count). The third-order valence-corrected chi connectivity index (χ3v) is 7.39. The van der Waals surface area contributed by atoms with E-state index in [1.54, 1.807) is 0 Å². The molecule has 3 aromatic carbocycles. The van der Waals surface area contributed by atoms with Crippen molar-refractivity contribution in [2.75, 3.05) is 18.4 Å². The Morgan fingerprint density at radius 3 is 1.79 bits per heavy atom. The molecule has 38 heavy (non-hydrogen) atoms. The van der Waals surface area contributed by atoms with Crippen molar-refractivity contribution in [3.05, 3.63) is 66.2 Å². The number of rotatable bonds is 20. The zero-order valence-corrected chi connectivity index (χ0v) is 23.8. The molecule has 0 unspecified atom stereocenters. The van der Waals surface area contributed by atoms with Crippen molar-refractivity contribution in [3.8, 4) is 0 Å². The van der Waals surface area contributed by atoms with Gasteiger partial charge in [0.2, 0.25) is 0 Å². The number of nitrogens with zero attached hydrogens (tertiary/aromatic N) is 2. The van der Waals surface area contributed by atoms with Gasteiger partial charge in [-0.2, -0.15) is 5.11 Å². The fraction of sp³-hybridized carbons (Fsp3) is 0.529. The smallest absolute Gasteiger partial charge is 0.0936 e. The SMILES string of the molecule is CCCCCCCCCCCCCCCCc1ccc(N=Nc2ccc(NCCN)c3ccccc23)cc1. The quantitative estimate of drug-likeness (QED) is 0.116. The molecule has 3 N–H and O–H groups in total. The highest BCUT2D eigenvalue weighted by molar-refractivity contribution is 6.00. The molecule has 0 aliphatic carbocycles. The lowest BCUT2D eigenvalue weighted by Crippen LogP contribution is -2.13. The lowest BCUT2D eigenvalue weighted by molar-refractivity contribution is 0.535. The van der Waals surface area contributed by atoms with Gasteiger partial charge in [-0.25, -0.2) is 0 Å². The van der Waals surface area contributed by atoms with Crippen LogP contribution in [0.3, 0.4) is 0 Å². The van der Waals surface area contributed by atoms with Crippen LogP contribution in [0.15, 0.2) is 70.9 Å². The zero-order chi connectivity index (χ0) is 26.7. The van der Waals surface area contributed by atoms with Crippen molar-refractivity contribution < 1.29 is 0 Å². The first-order chi connectivity index (χ1) is 18.8. The fourth-order valence-corrected chi connectivity index (χ4v) is 5.10. The second-order valence-electron chi connectivity index (χ2n) is 10.6. The van der Waals surface area contributed by atoms with E-state index >= 15 is 0 Å². The molecule has 0 atom stereocenters. The second-order valence-corrected chi connectivity index (χ2v) is 10.6. The number of hydrogen-bond donors (Lipinski definition) is 2. The summed E-state index contributed by atoms with van der Waals surface area (Å²) in [6.07, 6.45) is 20.8. The van der Waals surface area contributed by atoms with Crippen LogP contribution >= 0.6 is 0 Å². The van der Waals surface area contributed by atoms with Crippen LogP contribution in [0.4, 0.5) is 17.1 Å². The van der Waals surface area contributed by atoms with Gasteiger partial charge in [0.1, 0.15) is 0 Å². The molecular formula is C34H50N4. The zero-order valence-electron chi connectivity index (χ0n) is 23.8. The van der Waals surface area contributed by atoms with Crippen molar-refractivity contribution in [1.82, 2.24) is 0 Å². The maximum Gasteiger partial charge on any atom is 0.0936 e. The van der Waals surface area contributed by atoms with Crippen LogP contribution < -0.4 is 11.1 Å². The number of aryl methyl sites for hydroxylation is 1. The molecule has 0 aromatic heterocycles. The van der Waals surface area contributed by atoms with Gasteiger partial charge in [-0.15, -0.1) is 5.11 Å². The number of benzene rings is 3. The number of azo groups is 1. The minimum absolute atomic E-state index is 0.602. The molecule has 4 heteroatoms. The third kappa shape index (κ3) is 10.9. The Bertz CT molecular complexity index is 1060. The molecular weight excluding hydrogens is 464 g/mol. The highest BCUT2D eigenvalue weighted by Gasteiger charge is 2.05. The summed E-state index contributed by atoms with van der Waals surface area (Å²) in [6.45, 7) is 3.64. The Kier molecular flexibility index (Phi) is 14.5. The number of hydrogen-bond acceptors (Lipinski definition) is 4. The van der Waals surface area contributed by atoms with Gasteiger partial charge in [-0.1, -0.05) is 127 Å². The summed E-state index contributed by atoms with van der Waals surface area (Å²) >= 11 is 0. The number of nitrogens with two attached hydrogens (primary N) is 1. The van der Waals surface area contributed by atoms with Gasteiger partial charge in [-0.05, 0) is 42.7 Å². The molecule has 0 amide bonds. The van der Waals surface area contributed by atoms with Crippen molar-refractivity contribution in [3.63, 3.8) is 0 Å². The van der Waals surface area contributed by atoms with E-state index in [4.69, 9.17) is 5.73 Å². The lowest BCUT2D eigenvalue weighted by atomic mass is 10.0. The normalized spacial score (nSPS) is 11.5. The van der Waals surface area contributed by atoms with E-state index in [1.807, 2.05) is 18.2 Å². The van der Waals surface area contributed by atoms with E-state index in [0.29, 0.717) is 6.54 Å². The molecule has 0 saturated carbocycles. The Morgan fingerprint density at radius 1 is 0.605 bits per heavy atom. The Labute approximate surface area is 231 Å². The van der Waals surface area contributed by atoms with E-state index in [-0.39, 0.29) is 0 Å². The summed E-state index contributed by atoms with van der Waals surface area (Å²) in [5, 5.41) is 14.7. The topological polar surface area (TPSA) is 62.8 Å². The number of fused-ring (bicyclic) bond motifs is 1. The van der Waals surface area contributed by atoms with Crippen LogP contribution in [-0.4, -0.2) is 13.1 Å². The molecule has 0 aliphatic rings. The Morgan fingerprint density at radius 2 is 1.18 bits per heavy atom. The number of anilines is 1. The predicted octanol–water partition coefficient (Wildman–Crippen LogP) is 10.6. The van der Waals surface area contributed by atoms with E-state index in [1.165, 1.54) is 95.5 Å². The van der Waals surface area contributed by atoms with Crippen molar-refractivity contribution in [1.29, 1.82) is 0 Å². The van der Waals surface area contributed by atoms with Gasteiger partial charge in [-0.3, -0.25) is 0 Å². The molecule has 0 aliphatic heterocycles. The number of unbranched alkanes of at least 4 members (excludes halogenated alkanes) is 13. The molecule has 0 radical (unpaired) electrons. The monoisotopic (exact) mass is 514 g/mol. The molecule has 3 aromatic rings. The molecule has 0 fully saturated rings. The predicted molar refractivity (Wildman–Crippen MR) is 166 cm³/mol. The molecule has 4 nitrogen and oxygen atoms in total. The van der Waals surface area contributed by atoms with Crippen molar-refractivity contribution >= 4 is 27.8 Å². The van der Waals surface area contributed by atoms with Crippen LogP contribution in [0.2, 0.25) is 0 Å². The van der Waals surface area contributed by atoms with Crippen LogP contribution in [-0.2, 0) is 6.42 Å². The largest absolute Gasteiger partial charge is 0.383 e. The first-order valence-electron chi connectivity index (χ1n) is 15.3. The van der Waals surface area contributed by atoms with E-state index in [2.05, 4.69) is 64.9 Å². The maximum absolute atomic E-state index is 5.66. The summed E-state index contributed by atoms with van der Waals surface area (Å²) in [5.74, 6) is 0. The molecule has 0 spiro atoms. The highest BCUT2D eigenvalue weighted by atomic mass is 15.1. The van der Waals surface area contributed by atoms with Crippen molar-refractivity contribution in [2.45, 2.75) is 103 Å². The Balaban J connectivity index is 1.32. The summed E-state index contributed by atoms with van der Waals surface area (Å²) in [4.78, 5) is 0. The second kappa shape index (κ2) is 18.5. The molecule has 0 saturated heterocycles. The average Bonchev–Trinajstić information content (AvgIpc) is 2.96. The van der Waals surface area contributed by atoms with Crippen LogP contribution in [0, 0.1) is 0 Å². The van der Waals surface area contributed by atoms with Gasteiger partial charge in [0.15, 0.2) is 0 Å². The summed E-state index contributed by atoms with van der Waals surface area (Å²) in [7, 11) is 0. The summed E-state index contributed by atoms with van der Waals surface area (Å²) in [6, 6.07) is 21.0. The first kappa shape index (κ1) is 29.8. The standard InChI is InChI=1S/C34H50N4/c1-2-3-4-5-6-7-8-9-10-11-12-13-14-15-18-29-21-23-30(24-22-29)37-38-34-26-25-33(36-28-27-35)31-19-16-17-20-32(31)34/h16-17,19-26,36H,2-15,18,27-28,35H2,1H3. The minimum atomic E-state index is 0.602. The number of nitrogens with one attached hydrogen (secondary N) is 1. The van der Waals surface area contributed by atoms with Crippen molar-refractivity contribution in [2.24, 2.45) is 16.0 Å². The highest BCUT2D eigenvalue weighted by Crippen LogP contribution is 2.32. The van der Waals surface area contributed by atoms with E-state index in [9.17, 15) is 0 Å². The van der Waals surface area contributed by atoms with Gasteiger partial charge in [0, 0.05) is 29.5 Å². The van der Waals surface area contributed by atoms with Gasteiger partial charge in [0.25, 0.3) is 0 Å². The van der Waals surface area contributed by atoms with E-state index < -0.39 is 0 Å². The van der Waals surface area contributed by atoms with Gasteiger partial charge >= 0.3 is 0 Å². The fourth-order valence-electron chi connectivity index (χ4n) is 5.10. The van der Waals surface area contributed by atoms with Crippen LogP contribution in [0.5, 0.6) is 0 Å². The summed E-state index contributed by atoms with van der Waals surface area (Å²) in [5.41, 5.74) is 9.90. The Hall–Kier alpha value is -2.72. The molecule has 0 heterocycles. The first-order valence-corrected chi connectivity index (χ1v) is 15.3. The summed E-state index contributed by atoms with van der Waals surface area (Å²) < 4.78 is 0. The average molecular weight is 515 g/mol. The minimum Gasteiger partial charge on any atom is -0.383 e. The van der Waals surface area contributed by atoms with E-state index in [0.717, 1.165) is 40.8 Å². The van der Waals surface area contributed by atoms with Gasteiger partial charge < -0.3 is 11.1 Å². The van der Waals surface area contributed by atoms with Crippen LogP contribution in [0.25, 0.3) is 10.8 Å². The van der Waals surface area contributed by atoms with Crippen LogP contribution in [0.1, 0.15) is 102 Å². The van der Waals surface area contributed by atoms with Gasteiger partial charge in [0.05, 0.1) is 11.4 Å². The third-order valence-electron chi connectivity index (χ3n) is 7.39. The maximum atomic E-state index is 5.66. The molecule has 206 valence electrons.